The molecule has 7 nitrogen and oxygen atoms in total. The summed E-state index contributed by atoms with van der Waals surface area (Å²) >= 11 is 0. The minimum Gasteiger partial charge on any atom is -0.380 e. The van der Waals surface area contributed by atoms with Crippen LogP contribution in [0.25, 0.3) is 0 Å². The minimum absolute atomic E-state index is 0.0653. The van der Waals surface area contributed by atoms with Crippen LogP contribution in [0.5, 0.6) is 0 Å². The van der Waals surface area contributed by atoms with Crippen molar-refractivity contribution in [2.45, 2.75) is 38.8 Å². The lowest BCUT2D eigenvalue weighted by Crippen LogP contribution is -2.40. The molecule has 0 bridgehead atoms. The van der Waals surface area contributed by atoms with Crippen molar-refractivity contribution < 1.29 is 9.53 Å². The van der Waals surface area contributed by atoms with Crippen LogP contribution in [0.15, 0.2) is 24.8 Å². The van der Waals surface area contributed by atoms with Gasteiger partial charge < -0.3 is 9.64 Å². The van der Waals surface area contributed by atoms with E-state index in [0.29, 0.717) is 25.4 Å². The van der Waals surface area contributed by atoms with Crippen LogP contribution in [0.3, 0.4) is 0 Å². The van der Waals surface area contributed by atoms with E-state index < -0.39 is 0 Å². The van der Waals surface area contributed by atoms with E-state index in [1.54, 1.807) is 12.3 Å². The van der Waals surface area contributed by atoms with Gasteiger partial charge in [-0.05, 0) is 31.7 Å². The molecule has 1 fully saturated rings. The van der Waals surface area contributed by atoms with Crippen molar-refractivity contribution in [3.8, 4) is 0 Å². The lowest BCUT2D eigenvalue weighted by molar-refractivity contribution is 0.0615. The number of ether oxygens (including phenoxy) is 1. The van der Waals surface area contributed by atoms with Gasteiger partial charge in [-0.1, -0.05) is 0 Å². The van der Waals surface area contributed by atoms with Crippen LogP contribution in [-0.2, 0) is 17.8 Å². The van der Waals surface area contributed by atoms with E-state index in [1.807, 2.05) is 15.8 Å². The Morgan fingerprint density at radius 3 is 2.96 bits per heavy atom. The monoisotopic (exact) mass is 341 g/mol. The van der Waals surface area contributed by atoms with Crippen molar-refractivity contribution in [3.63, 3.8) is 0 Å². The summed E-state index contributed by atoms with van der Waals surface area (Å²) in [4.78, 5) is 22.6. The molecule has 132 valence electrons. The summed E-state index contributed by atoms with van der Waals surface area (Å²) in [6.45, 7) is 5.57. The molecule has 0 N–H and O–H groups in total. The van der Waals surface area contributed by atoms with Crippen LogP contribution in [-0.4, -0.2) is 50.3 Å². The summed E-state index contributed by atoms with van der Waals surface area (Å²) in [5.74, 6) is 0.818. The summed E-state index contributed by atoms with van der Waals surface area (Å²) in [5.41, 5.74) is 2.75. The summed E-state index contributed by atoms with van der Waals surface area (Å²) < 4.78 is 7.99. The van der Waals surface area contributed by atoms with Crippen LogP contribution in [0.4, 0.5) is 0 Å². The second-order valence-corrected chi connectivity index (χ2v) is 6.83. The van der Waals surface area contributed by atoms with Gasteiger partial charge in [0.2, 0.25) is 0 Å². The fraction of sp³-hybridized carbons (Fsp3) is 0.556. The van der Waals surface area contributed by atoms with Gasteiger partial charge in [-0.25, -0.2) is 9.97 Å². The molecule has 1 aliphatic heterocycles. The fourth-order valence-corrected chi connectivity index (χ4v) is 3.43. The molecule has 1 aliphatic carbocycles. The van der Waals surface area contributed by atoms with E-state index in [9.17, 15) is 4.79 Å². The zero-order chi connectivity index (χ0) is 17.2. The number of carbonyl (C=O) groups excluding carboxylic acids is 1. The number of fused-ring (bicyclic) bond motifs is 1. The highest BCUT2D eigenvalue weighted by Crippen LogP contribution is 2.32. The number of aryl methyl sites for hydroxylation is 1. The zero-order valence-electron chi connectivity index (χ0n) is 14.5. The quantitative estimate of drug-likeness (QED) is 0.802. The van der Waals surface area contributed by atoms with Crippen LogP contribution in [0.2, 0.25) is 0 Å². The molecule has 2 aliphatic rings. The number of nitrogens with zero attached hydrogens (tertiary/aromatic N) is 5. The van der Waals surface area contributed by atoms with Crippen molar-refractivity contribution in [3.05, 3.63) is 41.7 Å². The second kappa shape index (κ2) is 6.92. The maximum Gasteiger partial charge on any atom is 0.272 e. The topological polar surface area (TPSA) is 73.1 Å². The SMILES string of the molecule is CCn1ncc2c1[C@@H](COCC1CC1)CN(C(=O)c1ccncn1)C2. The van der Waals surface area contributed by atoms with Crippen LogP contribution < -0.4 is 0 Å². The smallest absolute Gasteiger partial charge is 0.272 e. The molecule has 0 saturated heterocycles. The first-order chi connectivity index (χ1) is 12.3. The molecule has 0 radical (unpaired) electrons. The average Bonchev–Trinajstić information content (AvgIpc) is 3.38. The molecule has 2 aromatic heterocycles. The maximum atomic E-state index is 12.8. The van der Waals surface area contributed by atoms with E-state index in [2.05, 4.69) is 22.0 Å². The lowest BCUT2D eigenvalue weighted by Gasteiger charge is -2.33. The Kier molecular flexibility index (Phi) is 4.48. The predicted octanol–water partition coefficient (Wildman–Crippen LogP) is 1.86. The molecule has 1 saturated carbocycles. The van der Waals surface area contributed by atoms with Crippen molar-refractivity contribution in [2.75, 3.05) is 19.8 Å². The fourth-order valence-electron chi connectivity index (χ4n) is 3.43. The normalized spacial score (nSPS) is 19.7. The van der Waals surface area contributed by atoms with E-state index >= 15 is 0 Å². The molecule has 0 unspecified atom stereocenters. The van der Waals surface area contributed by atoms with E-state index in [4.69, 9.17) is 4.74 Å². The number of rotatable bonds is 6. The Morgan fingerprint density at radius 1 is 1.36 bits per heavy atom. The van der Waals surface area contributed by atoms with E-state index in [1.165, 1.54) is 24.9 Å². The van der Waals surface area contributed by atoms with Crippen LogP contribution >= 0.6 is 0 Å². The van der Waals surface area contributed by atoms with Crippen molar-refractivity contribution in [1.82, 2.24) is 24.6 Å². The van der Waals surface area contributed by atoms with Crippen molar-refractivity contribution >= 4 is 5.91 Å². The highest BCUT2D eigenvalue weighted by atomic mass is 16.5. The number of aromatic nitrogens is 4. The molecule has 3 heterocycles. The van der Waals surface area contributed by atoms with Gasteiger partial charge in [0, 0.05) is 43.9 Å². The summed E-state index contributed by atoms with van der Waals surface area (Å²) in [7, 11) is 0. The van der Waals surface area contributed by atoms with Crippen molar-refractivity contribution in [1.29, 1.82) is 0 Å². The van der Waals surface area contributed by atoms with Crippen molar-refractivity contribution in [2.24, 2.45) is 5.92 Å². The number of carbonyl (C=O) groups is 1. The molecular weight excluding hydrogens is 318 g/mol. The Bertz CT molecular complexity index is 741. The molecule has 2 aromatic rings. The highest BCUT2D eigenvalue weighted by molar-refractivity contribution is 5.92. The molecule has 7 heteroatoms. The van der Waals surface area contributed by atoms with Gasteiger partial charge in [0.15, 0.2) is 0 Å². The Balaban J connectivity index is 1.54. The minimum atomic E-state index is -0.0653. The van der Waals surface area contributed by atoms with Gasteiger partial charge in [-0.2, -0.15) is 5.10 Å². The van der Waals surface area contributed by atoms with Gasteiger partial charge in [-0.3, -0.25) is 9.48 Å². The van der Waals surface area contributed by atoms with E-state index in [-0.39, 0.29) is 11.8 Å². The van der Waals surface area contributed by atoms with Gasteiger partial charge >= 0.3 is 0 Å². The van der Waals surface area contributed by atoms with Gasteiger partial charge in [0.25, 0.3) is 5.91 Å². The average molecular weight is 341 g/mol. The first-order valence-electron chi connectivity index (χ1n) is 8.94. The molecule has 1 amide bonds. The van der Waals surface area contributed by atoms with Crippen LogP contribution in [0, 0.1) is 5.92 Å². The van der Waals surface area contributed by atoms with Gasteiger partial charge in [0.1, 0.15) is 12.0 Å². The molecule has 4 rings (SSSR count). The largest absolute Gasteiger partial charge is 0.380 e. The van der Waals surface area contributed by atoms with Gasteiger partial charge in [-0.15, -0.1) is 0 Å². The number of hydrogen-bond donors (Lipinski definition) is 0. The lowest BCUT2D eigenvalue weighted by atomic mass is 9.96. The summed E-state index contributed by atoms with van der Waals surface area (Å²) in [5, 5.41) is 4.49. The highest BCUT2D eigenvalue weighted by Gasteiger charge is 2.33. The Morgan fingerprint density at radius 2 is 2.24 bits per heavy atom. The van der Waals surface area contributed by atoms with Crippen LogP contribution in [0.1, 0.15) is 47.4 Å². The first kappa shape index (κ1) is 16.2. The Hall–Kier alpha value is -2.28. The molecule has 1 atom stereocenters. The third kappa shape index (κ3) is 3.42. The summed E-state index contributed by atoms with van der Waals surface area (Å²) in [6.07, 6.45) is 7.45. The molecule has 0 aromatic carbocycles. The molecular formula is C18H23N5O2. The predicted molar refractivity (Wildman–Crippen MR) is 91.0 cm³/mol. The summed E-state index contributed by atoms with van der Waals surface area (Å²) in [6, 6.07) is 1.66. The third-order valence-electron chi connectivity index (χ3n) is 4.91. The van der Waals surface area contributed by atoms with Gasteiger partial charge in [0.05, 0.1) is 18.5 Å². The maximum absolute atomic E-state index is 12.8. The Labute approximate surface area is 147 Å². The third-order valence-corrected chi connectivity index (χ3v) is 4.91. The standard InChI is InChI=1S/C18H23N5O2/c1-2-23-17-14(7-21-23)8-22(18(24)16-5-6-19-12-20-16)9-15(17)11-25-10-13-3-4-13/h5-7,12-13,15H,2-4,8-11H2,1H3/t15-/m1/s1. The second-order valence-electron chi connectivity index (χ2n) is 6.83. The number of hydrogen-bond acceptors (Lipinski definition) is 5. The zero-order valence-corrected chi connectivity index (χ0v) is 14.5. The molecule has 0 spiro atoms. The first-order valence-corrected chi connectivity index (χ1v) is 8.94. The molecule has 25 heavy (non-hydrogen) atoms. The number of amides is 1. The van der Waals surface area contributed by atoms with E-state index in [0.717, 1.165) is 24.6 Å².